The van der Waals surface area contributed by atoms with Crippen LogP contribution >= 0.6 is 23.4 Å². The van der Waals surface area contributed by atoms with E-state index in [-0.39, 0.29) is 18.2 Å². The molecule has 2 atom stereocenters. The van der Waals surface area contributed by atoms with Gasteiger partial charge in [-0.3, -0.25) is 4.90 Å². The molecule has 31 heavy (non-hydrogen) atoms. The third kappa shape index (κ3) is 4.40. The first-order valence-electron chi connectivity index (χ1n) is 10.4. The van der Waals surface area contributed by atoms with Gasteiger partial charge in [0.2, 0.25) is 0 Å². The zero-order valence-electron chi connectivity index (χ0n) is 18.5. The molecule has 0 N–H and O–H groups in total. The second-order valence-electron chi connectivity index (χ2n) is 8.93. The van der Waals surface area contributed by atoms with Crippen LogP contribution < -0.4 is 4.90 Å². The Bertz CT molecular complexity index is 985. The highest BCUT2D eigenvalue weighted by Gasteiger charge is 2.45. The molecular formula is C21H28ClN5O3S. The van der Waals surface area contributed by atoms with E-state index in [1.807, 2.05) is 31.9 Å². The van der Waals surface area contributed by atoms with Crippen molar-refractivity contribution in [1.29, 1.82) is 0 Å². The number of fused-ring (bicyclic) bond motifs is 3. The molecule has 2 aliphatic rings. The van der Waals surface area contributed by atoms with E-state index in [0.29, 0.717) is 30.0 Å². The van der Waals surface area contributed by atoms with Crippen molar-refractivity contribution in [2.75, 3.05) is 31.4 Å². The first kappa shape index (κ1) is 22.4. The number of pyridine rings is 1. The minimum absolute atomic E-state index is 0.0926. The third-order valence-electron chi connectivity index (χ3n) is 5.60. The van der Waals surface area contributed by atoms with Crippen molar-refractivity contribution in [3.63, 3.8) is 0 Å². The molecule has 10 heteroatoms. The summed E-state index contributed by atoms with van der Waals surface area (Å²) in [5.74, 6) is 0.830. The van der Waals surface area contributed by atoms with Gasteiger partial charge in [-0.15, -0.1) is 0 Å². The van der Waals surface area contributed by atoms with Crippen molar-refractivity contribution in [1.82, 2.24) is 19.9 Å². The summed E-state index contributed by atoms with van der Waals surface area (Å²) in [5, 5.41) is 1.91. The predicted molar refractivity (Wildman–Crippen MR) is 122 cm³/mol. The van der Waals surface area contributed by atoms with Crippen LogP contribution in [0.1, 0.15) is 39.2 Å². The fourth-order valence-electron chi connectivity index (χ4n) is 4.38. The number of hydrogen-bond acceptors (Lipinski definition) is 8. The normalized spacial score (nSPS) is 21.1. The Morgan fingerprint density at radius 1 is 1.26 bits per heavy atom. The van der Waals surface area contributed by atoms with E-state index in [1.54, 1.807) is 13.3 Å². The third-order valence-corrected chi connectivity index (χ3v) is 6.48. The maximum absolute atomic E-state index is 12.8. The standard InChI is InChI=1S/C21H28ClN5O3S/c1-21(2,3)30-20(28)27-12-6-7-13(27)10-26(9-12)18-14-8-23-17(22)15(11-29-4)16(14)24-19(25-18)31-5/h8,12-13H,6-7,9-11H2,1-5H3. The summed E-state index contributed by atoms with van der Waals surface area (Å²) in [7, 11) is 1.63. The molecule has 8 nitrogen and oxygen atoms in total. The summed E-state index contributed by atoms with van der Waals surface area (Å²) in [4.78, 5) is 30.9. The number of methoxy groups -OCH3 is 1. The number of halogens is 1. The Labute approximate surface area is 191 Å². The first-order chi connectivity index (χ1) is 14.7. The lowest BCUT2D eigenvalue weighted by atomic mass is 10.1. The Morgan fingerprint density at radius 3 is 2.52 bits per heavy atom. The number of hydrogen-bond donors (Lipinski definition) is 0. The number of nitrogens with zero attached hydrogens (tertiary/aromatic N) is 5. The lowest BCUT2D eigenvalue weighted by molar-refractivity contribution is 0.0123. The van der Waals surface area contributed by atoms with E-state index in [2.05, 4.69) is 9.88 Å². The fraction of sp³-hybridized carbons (Fsp3) is 0.619. The average molecular weight is 466 g/mol. The zero-order valence-corrected chi connectivity index (χ0v) is 20.1. The largest absolute Gasteiger partial charge is 0.444 e. The van der Waals surface area contributed by atoms with Gasteiger partial charge in [0, 0.05) is 32.0 Å². The van der Waals surface area contributed by atoms with Gasteiger partial charge in [0.15, 0.2) is 5.16 Å². The summed E-state index contributed by atoms with van der Waals surface area (Å²) in [5.41, 5.74) is 1.01. The summed E-state index contributed by atoms with van der Waals surface area (Å²) in [6.45, 7) is 7.40. The summed E-state index contributed by atoms with van der Waals surface area (Å²) >= 11 is 7.83. The van der Waals surface area contributed by atoms with E-state index < -0.39 is 5.60 Å². The molecule has 2 aromatic heterocycles. The quantitative estimate of drug-likeness (QED) is 0.378. The topological polar surface area (TPSA) is 80.7 Å². The molecular weight excluding hydrogens is 438 g/mol. The van der Waals surface area contributed by atoms with Crippen LogP contribution in [-0.2, 0) is 16.1 Å². The monoisotopic (exact) mass is 465 g/mol. The molecule has 168 valence electrons. The Morgan fingerprint density at radius 2 is 1.94 bits per heavy atom. The zero-order chi connectivity index (χ0) is 22.3. The maximum atomic E-state index is 12.8. The van der Waals surface area contributed by atoms with Gasteiger partial charge in [0.05, 0.1) is 29.6 Å². The van der Waals surface area contributed by atoms with E-state index in [4.69, 9.17) is 31.0 Å². The van der Waals surface area contributed by atoms with Gasteiger partial charge >= 0.3 is 6.09 Å². The smallest absolute Gasteiger partial charge is 0.410 e. The number of carbonyl (C=O) groups is 1. The van der Waals surface area contributed by atoms with Crippen molar-refractivity contribution < 1.29 is 14.3 Å². The lowest BCUT2D eigenvalue weighted by Gasteiger charge is -2.42. The molecule has 2 fully saturated rings. The number of thioether (sulfide) groups is 1. The van der Waals surface area contributed by atoms with Crippen LogP contribution in [-0.4, -0.2) is 70.1 Å². The van der Waals surface area contributed by atoms with E-state index >= 15 is 0 Å². The Hall–Kier alpha value is -1.84. The van der Waals surface area contributed by atoms with Gasteiger partial charge in [-0.25, -0.2) is 19.7 Å². The van der Waals surface area contributed by atoms with Crippen molar-refractivity contribution in [2.24, 2.45) is 0 Å². The van der Waals surface area contributed by atoms with Gasteiger partial charge in [0.25, 0.3) is 0 Å². The fourth-order valence-corrected chi connectivity index (χ4v) is 4.93. The lowest BCUT2D eigenvalue weighted by Crippen LogP contribution is -2.57. The maximum Gasteiger partial charge on any atom is 0.410 e. The van der Waals surface area contributed by atoms with Gasteiger partial charge in [-0.1, -0.05) is 23.4 Å². The van der Waals surface area contributed by atoms with Crippen LogP contribution in [0.15, 0.2) is 11.4 Å². The molecule has 2 aliphatic heterocycles. The van der Waals surface area contributed by atoms with Crippen molar-refractivity contribution in [3.8, 4) is 0 Å². The second kappa shape index (κ2) is 8.60. The van der Waals surface area contributed by atoms with E-state index in [1.165, 1.54) is 11.8 Å². The van der Waals surface area contributed by atoms with Crippen LogP contribution in [0.3, 0.4) is 0 Å². The number of ether oxygens (including phenoxy) is 2. The number of piperazine rings is 1. The number of anilines is 1. The van der Waals surface area contributed by atoms with E-state index in [9.17, 15) is 4.79 Å². The van der Waals surface area contributed by atoms with Crippen molar-refractivity contribution in [3.05, 3.63) is 16.9 Å². The molecule has 0 spiro atoms. The molecule has 2 saturated heterocycles. The molecule has 2 aromatic rings. The minimum atomic E-state index is -0.507. The van der Waals surface area contributed by atoms with E-state index in [0.717, 1.165) is 35.1 Å². The van der Waals surface area contributed by atoms with Gasteiger partial charge < -0.3 is 14.4 Å². The first-order valence-corrected chi connectivity index (χ1v) is 12.0. The molecule has 0 aliphatic carbocycles. The molecule has 4 heterocycles. The molecule has 0 radical (unpaired) electrons. The Balaban J connectivity index is 1.69. The molecule has 0 saturated carbocycles. The average Bonchev–Trinajstić information content (AvgIpc) is 2.98. The van der Waals surface area contributed by atoms with Gasteiger partial charge in [-0.2, -0.15) is 0 Å². The number of rotatable bonds is 4. The summed E-state index contributed by atoms with van der Waals surface area (Å²) < 4.78 is 11.0. The van der Waals surface area contributed by atoms with Crippen molar-refractivity contribution in [2.45, 2.75) is 63.1 Å². The molecule has 2 unspecified atom stereocenters. The molecule has 2 bridgehead atoms. The van der Waals surface area contributed by atoms with Crippen LogP contribution in [0.2, 0.25) is 5.15 Å². The molecule has 4 rings (SSSR count). The van der Waals surface area contributed by atoms with Gasteiger partial charge in [0.1, 0.15) is 16.6 Å². The Kier molecular flexibility index (Phi) is 6.20. The van der Waals surface area contributed by atoms with Crippen LogP contribution in [0.4, 0.5) is 10.6 Å². The summed E-state index contributed by atoms with van der Waals surface area (Å²) in [6.07, 6.45) is 5.37. The van der Waals surface area contributed by atoms with Gasteiger partial charge in [-0.05, 0) is 39.9 Å². The summed E-state index contributed by atoms with van der Waals surface area (Å²) in [6, 6.07) is 0.185. The van der Waals surface area contributed by atoms with Crippen molar-refractivity contribution >= 4 is 46.2 Å². The highest BCUT2D eigenvalue weighted by molar-refractivity contribution is 7.98. The van der Waals surface area contributed by atoms with Crippen LogP contribution in [0, 0.1) is 0 Å². The molecule has 0 aromatic carbocycles. The number of carbonyl (C=O) groups excluding carboxylic acids is 1. The highest BCUT2D eigenvalue weighted by Crippen LogP contribution is 2.37. The predicted octanol–water partition coefficient (Wildman–Crippen LogP) is 4.13. The number of aromatic nitrogens is 3. The van der Waals surface area contributed by atoms with Crippen LogP contribution in [0.25, 0.3) is 10.9 Å². The van der Waals surface area contributed by atoms with Crippen LogP contribution in [0.5, 0.6) is 0 Å². The second-order valence-corrected chi connectivity index (χ2v) is 10.1. The SMILES string of the molecule is COCc1c(Cl)ncc2c(N3CC4CCC(C3)N4C(=O)OC(C)(C)C)nc(SC)nc12. The molecule has 1 amide bonds. The minimum Gasteiger partial charge on any atom is -0.444 e. The highest BCUT2D eigenvalue weighted by atomic mass is 35.5. The number of amides is 1.